The van der Waals surface area contributed by atoms with Crippen molar-refractivity contribution in [2.24, 2.45) is 11.8 Å². The molecule has 0 radical (unpaired) electrons. The summed E-state index contributed by atoms with van der Waals surface area (Å²) in [7, 11) is 0. The van der Waals surface area contributed by atoms with Gasteiger partial charge < -0.3 is 9.47 Å². The van der Waals surface area contributed by atoms with E-state index >= 15 is 0 Å². The van der Waals surface area contributed by atoms with Crippen LogP contribution < -0.4 is 9.47 Å². The molecule has 0 N–H and O–H groups in total. The number of rotatable bonds is 6. The van der Waals surface area contributed by atoms with Crippen LogP contribution in [0, 0.1) is 11.8 Å². The number of esters is 2. The fraction of sp³-hybridized carbons (Fsp3) is 0.429. The zero-order chi connectivity index (χ0) is 23.6. The molecule has 0 amide bonds. The first-order chi connectivity index (χ1) is 15.0. The molecule has 0 bridgehead atoms. The van der Waals surface area contributed by atoms with E-state index in [2.05, 4.69) is 32.9 Å². The van der Waals surface area contributed by atoms with Crippen LogP contribution in [0.5, 0.6) is 11.5 Å². The zero-order valence-corrected chi connectivity index (χ0v) is 20.2. The molecule has 32 heavy (non-hydrogen) atoms. The minimum absolute atomic E-state index is 0.0898. The molecule has 3 aromatic carbocycles. The quantitative estimate of drug-likeness (QED) is 0.234. The molecule has 3 rings (SSSR count). The fourth-order valence-electron chi connectivity index (χ4n) is 3.76. The smallest absolute Gasteiger partial charge is 0.311 e. The van der Waals surface area contributed by atoms with Gasteiger partial charge in [-0.25, -0.2) is 0 Å². The molecule has 0 saturated heterocycles. The molecule has 0 heterocycles. The van der Waals surface area contributed by atoms with E-state index in [1.165, 1.54) is 0 Å². The van der Waals surface area contributed by atoms with E-state index in [1.54, 1.807) is 0 Å². The van der Waals surface area contributed by atoms with Gasteiger partial charge in [-0.15, -0.1) is 0 Å². The lowest BCUT2D eigenvalue weighted by atomic mass is 9.85. The van der Waals surface area contributed by atoms with Gasteiger partial charge in [0.25, 0.3) is 0 Å². The normalized spacial score (nSPS) is 12.0. The molecule has 0 aliphatic heterocycles. The van der Waals surface area contributed by atoms with Crippen LogP contribution in [-0.4, -0.2) is 11.9 Å². The fourth-order valence-corrected chi connectivity index (χ4v) is 3.76. The van der Waals surface area contributed by atoms with E-state index in [-0.39, 0.29) is 29.2 Å². The Bertz CT molecular complexity index is 1150. The molecule has 0 saturated carbocycles. The zero-order valence-electron chi connectivity index (χ0n) is 20.2. The number of carbonyl (C=O) groups excluding carboxylic acids is 2. The van der Waals surface area contributed by atoms with E-state index in [0.717, 1.165) is 27.1 Å². The van der Waals surface area contributed by atoms with Gasteiger partial charge in [0.15, 0.2) is 0 Å². The number of hydrogen-bond acceptors (Lipinski definition) is 4. The molecule has 0 aliphatic rings. The molecule has 0 aromatic heterocycles. The third-order valence-electron chi connectivity index (χ3n) is 5.37. The minimum atomic E-state index is -0.268. The Labute approximate surface area is 190 Å². The lowest BCUT2D eigenvalue weighted by Crippen LogP contribution is -2.14. The average molecular weight is 435 g/mol. The van der Waals surface area contributed by atoms with Crippen LogP contribution in [-0.2, 0) is 15.0 Å². The Kier molecular flexibility index (Phi) is 6.92. The maximum atomic E-state index is 12.7. The highest BCUT2D eigenvalue weighted by molar-refractivity contribution is 6.13. The largest absolute Gasteiger partial charge is 0.425 e. The van der Waals surface area contributed by atoms with Gasteiger partial charge in [0.1, 0.15) is 11.5 Å². The number of hydrogen-bond donors (Lipinski definition) is 0. The molecule has 4 nitrogen and oxygen atoms in total. The summed E-state index contributed by atoms with van der Waals surface area (Å²) in [6, 6.07) is 13.7. The van der Waals surface area contributed by atoms with Crippen molar-refractivity contribution in [1.29, 1.82) is 0 Å². The number of fused-ring (bicyclic) bond motifs is 2. The van der Waals surface area contributed by atoms with Crippen LogP contribution in [0.15, 0.2) is 42.5 Å². The van der Waals surface area contributed by atoms with E-state index in [1.807, 2.05) is 58.0 Å². The molecular formula is C28H34O4. The van der Waals surface area contributed by atoms with Crippen LogP contribution in [0.25, 0.3) is 21.5 Å². The van der Waals surface area contributed by atoms with E-state index in [9.17, 15) is 9.59 Å². The summed E-state index contributed by atoms with van der Waals surface area (Å²) in [5.74, 6) is 0.902. The second-order valence-electron chi connectivity index (χ2n) is 10.4. The standard InChI is InChI=1S/C28H34O4/c1-17(2)14-24(29)31-26-20-10-8-9-11-21(20)27(32-25(30)15-18(3)4)23-16-19(28(5,6)7)12-13-22(23)26/h8-13,16-18H,14-15H2,1-7H3. The highest BCUT2D eigenvalue weighted by Gasteiger charge is 2.23. The van der Waals surface area contributed by atoms with Crippen molar-refractivity contribution in [3.63, 3.8) is 0 Å². The first-order valence-corrected chi connectivity index (χ1v) is 11.4. The van der Waals surface area contributed by atoms with Crippen molar-refractivity contribution in [1.82, 2.24) is 0 Å². The molecule has 4 heteroatoms. The predicted octanol–water partition coefficient (Wildman–Crippen LogP) is 7.19. The maximum absolute atomic E-state index is 12.7. The van der Waals surface area contributed by atoms with Crippen LogP contribution in [0.4, 0.5) is 0 Å². The molecule has 0 spiro atoms. The van der Waals surface area contributed by atoms with Crippen molar-refractivity contribution in [2.75, 3.05) is 0 Å². The molecule has 0 atom stereocenters. The van der Waals surface area contributed by atoms with Crippen LogP contribution in [0.2, 0.25) is 0 Å². The molecule has 3 aromatic rings. The van der Waals surface area contributed by atoms with E-state index in [0.29, 0.717) is 24.3 Å². The Morgan fingerprint density at radius 3 is 1.59 bits per heavy atom. The summed E-state index contributed by atoms with van der Waals surface area (Å²) in [5.41, 5.74) is 1.02. The van der Waals surface area contributed by atoms with Gasteiger partial charge in [-0.05, 0) is 28.9 Å². The summed E-state index contributed by atoms with van der Waals surface area (Å²) in [6.45, 7) is 14.4. The molecule has 0 fully saturated rings. The highest BCUT2D eigenvalue weighted by atomic mass is 16.5. The summed E-state index contributed by atoms with van der Waals surface area (Å²) in [6.07, 6.45) is 0.668. The molecule has 170 valence electrons. The Balaban J connectivity index is 2.30. The second kappa shape index (κ2) is 9.32. The Morgan fingerprint density at radius 1 is 0.719 bits per heavy atom. The minimum Gasteiger partial charge on any atom is -0.425 e. The van der Waals surface area contributed by atoms with Crippen molar-refractivity contribution < 1.29 is 19.1 Å². The first kappa shape index (κ1) is 23.8. The Morgan fingerprint density at radius 2 is 1.16 bits per heavy atom. The van der Waals surface area contributed by atoms with Gasteiger partial charge in [0, 0.05) is 34.4 Å². The van der Waals surface area contributed by atoms with Crippen LogP contribution >= 0.6 is 0 Å². The number of benzene rings is 3. The van der Waals surface area contributed by atoms with Crippen LogP contribution in [0.1, 0.15) is 66.9 Å². The number of ether oxygens (including phenoxy) is 2. The topological polar surface area (TPSA) is 52.6 Å². The number of carbonyl (C=O) groups is 2. The van der Waals surface area contributed by atoms with Gasteiger partial charge >= 0.3 is 11.9 Å². The second-order valence-corrected chi connectivity index (χ2v) is 10.4. The average Bonchev–Trinajstić information content (AvgIpc) is 2.68. The highest BCUT2D eigenvalue weighted by Crippen LogP contribution is 2.44. The summed E-state index contributed by atoms with van der Waals surface area (Å²) < 4.78 is 11.9. The lowest BCUT2D eigenvalue weighted by Gasteiger charge is -2.22. The Hall–Kier alpha value is -2.88. The van der Waals surface area contributed by atoms with Gasteiger partial charge in [0.05, 0.1) is 0 Å². The predicted molar refractivity (Wildman–Crippen MR) is 130 cm³/mol. The van der Waals surface area contributed by atoms with Crippen molar-refractivity contribution in [3.8, 4) is 11.5 Å². The SMILES string of the molecule is CC(C)CC(=O)Oc1c2ccccc2c(OC(=O)CC(C)C)c2cc(C(C)(C)C)ccc12. The summed E-state index contributed by atoms with van der Waals surface area (Å²) in [5, 5.41) is 3.06. The first-order valence-electron chi connectivity index (χ1n) is 11.4. The molecular weight excluding hydrogens is 400 g/mol. The lowest BCUT2D eigenvalue weighted by molar-refractivity contribution is -0.136. The maximum Gasteiger partial charge on any atom is 0.311 e. The van der Waals surface area contributed by atoms with Crippen molar-refractivity contribution >= 4 is 33.5 Å². The summed E-state index contributed by atoms with van der Waals surface area (Å²) in [4.78, 5) is 25.3. The van der Waals surface area contributed by atoms with Gasteiger partial charge in [-0.1, -0.05) is 84.9 Å². The van der Waals surface area contributed by atoms with E-state index < -0.39 is 0 Å². The monoisotopic (exact) mass is 434 g/mol. The van der Waals surface area contributed by atoms with Crippen LogP contribution in [0.3, 0.4) is 0 Å². The summed E-state index contributed by atoms with van der Waals surface area (Å²) >= 11 is 0. The third kappa shape index (κ3) is 5.29. The van der Waals surface area contributed by atoms with E-state index in [4.69, 9.17) is 9.47 Å². The van der Waals surface area contributed by atoms with Crippen molar-refractivity contribution in [2.45, 2.75) is 66.7 Å². The molecule has 0 unspecified atom stereocenters. The van der Waals surface area contributed by atoms with Gasteiger partial charge in [-0.2, -0.15) is 0 Å². The van der Waals surface area contributed by atoms with Crippen molar-refractivity contribution in [3.05, 3.63) is 48.0 Å². The molecule has 0 aliphatic carbocycles. The van der Waals surface area contributed by atoms with Gasteiger partial charge in [-0.3, -0.25) is 9.59 Å². The third-order valence-corrected chi connectivity index (χ3v) is 5.37. The van der Waals surface area contributed by atoms with Gasteiger partial charge in [0.2, 0.25) is 0 Å².